The number of amides is 1. The van der Waals surface area contributed by atoms with Crippen LogP contribution in [0.3, 0.4) is 0 Å². The lowest BCUT2D eigenvalue weighted by Crippen LogP contribution is -2.50. The van der Waals surface area contributed by atoms with Crippen LogP contribution in [-0.2, 0) is 27.4 Å². The second-order valence-electron chi connectivity index (χ2n) is 6.83. The lowest BCUT2D eigenvalue weighted by atomic mass is 10.1. The molecule has 1 aromatic carbocycles. The maximum atomic E-state index is 12.9. The number of benzene rings is 1. The fraction of sp³-hybridized carbons (Fsp3) is 0.444. The van der Waals surface area contributed by atoms with Gasteiger partial charge in [0.15, 0.2) is 0 Å². The first kappa shape index (κ1) is 22.6. The van der Waals surface area contributed by atoms with E-state index >= 15 is 0 Å². The van der Waals surface area contributed by atoms with Gasteiger partial charge in [-0.15, -0.1) is 0 Å². The summed E-state index contributed by atoms with van der Waals surface area (Å²) in [5, 5.41) is 3.85. The fourth-order valence-electron chi connectivity index (χ4n) is 3.19. The molecule has 1 aromatic heterocycles. The van der Waals surface area contributed by atoms with Gasteiger partial charge in [0, 0.05) is 38.2 Å². The van der Waals surface area contributed by atoms with Crippen molar-refractivity contribution in [1.29, 1.82) is 0 Å². The van der Waals surface area contributed by atoms with E-state index in [0.717, 1.165) is 22.5 Å². The zero-order chi connectivity index (χ0) is 22.1. The van der Waals surface area contributed by atoms with E-state index < -0.39 is 26.7 Å². The highest BCUT2D eigenvalue weighted by Gasteiger charge is 2.34. The molecule has 12 heteroatoms. The number of hydrogen-bond acceptors (Lipinski definition) is 5. The number of sulfonamides is 1. The first-order chi connectivity index (χ1) is 14.0. The second kappa shape index (κ2) is 8.56. The highest BCUT2D eigenvalue weighted by molar-refractivity contribution is 7.89. The Hall–Kier alpha value is -2.11. The van der Waals surface area contributed by atoms with Crippen molar-refractivity contribution in [3.63, 3.8) is 0 Å². The molecule has 0 spiro atoms. The highest BCUT2D eigenvalue weighted by Crippen LogP contribution is 2.31. The Bertz CT molecular complexity index is 1010. The quantitative estimate of drug-likeness (QED) is 0.677. The molecule has 2 heterocycles. The Labute approximate surface area is 176 Å². The SMILES string of the molecule is Cc1noc(Cl)c1CCC(=O)N1CCN(S(=O)(=O)c2cccc(C(F)(F)F)c2)CC1. The van der Waals surface area contributed by atoms with Gasteiger partial charge < -0.3 is 9.42 Å². The van der Waals surface area contributed by atoms with E-state index in [4.69, 9.17) is 16.1 Å². The molecule has 0 bridgehead atoms. The molecule has 1 amide bonds. The molecule has 3 rings (SSSR count). The third-order valence-electron chi connectivity index (χ3n) is 4.92. The zero-order valence-corrected chi connectivity index (χ0v) is 17.5. The minimum absolute atomic E-state index is 0.00261. The Balaban J connectivity index is 1.61. The molecule has 7 nitrogen and oxygen atoms in total. The summed E-state index contributed by atoms with van der Waals surface area (Å²) < 4.78 is 70.1. The summed E-state index contributed by atoms with van der Waals surface area (Å²) in [7, 11) is -4.10. The average Bonchev–Trinajstić information content (AvgIpc) is 3.03. The Morgan fingerprint density at radius 3 is 2.47 bits per heavy atom. The molecule has 30 heavy (non-hydrogen) atoms. The van der Waals surface area contributed by atoms with Crippen molar-refractivity contribution in [2.75, 3.05) is 26.2 Å². The van der Waals surface area contributed by atoms with Crippen LogP contribution in [-0.4, -0.2) is 54.9 Å². The molecule has 0 saturated carbocycles. The molecule has 1 aliphatic heterocycles. The van der Waals surface area contributed by atoms with Crippen molar-refractivity contribution in [1.82, 2.24) is 14.4 Å². The summed E-state index contributed by atoms with van der Waals surface area (Å²) in [5.41, 5.74) is 0.223. The summed E-state index contributed by atoms with van der Waals surface area (Å²) in [6.45, 7) is 2.00. The number of carbonyl (C=O) groups is 1. The minimum atomic E-state index is -4.64. The fourth-order valence-corrected chi connectivity index (χ4v) is 4.92. The van der Waals surface area contributed by atoms with Crippen LogP contribution in [0.2, 0.25) is 5.22 Å². The average molecular weight is 466 g/mol. The summed E-state index contributed by atoms with van der Waals surface area (Å²) in [4.78, 5) is 13.5. The molecule has 0 aliphatic carbocycles. The van der Waals surface area contributed by atoms with E-state index in [2.05, 4.69) is 5.16 Å². The molecule has 1 aliphatic rings. The summed E-state index contributed by atoms with van der Waals surface area (Å²) in [5.74, 6) is -0.178. The molecular weight excluding hydrogens is 447 g/mol. The minimum Gasteiger partial charge on any atom is -0.344 e. The largest absolute Gasteiger partial charge is 0.416 e. The van der Waals surface area contributed by atoms with E-state index in [1.54, 1.807) is 6.92 Å². The van der Waals surface area contributed by atoms with E-state index in [1.165, 1.54) is 4.90 Å². The van der Waals surface area contributed by atoms with E-state index in [1.807, 2.05) is 0 Å². The van der Waals surface area contributed by atoms with Gasteiger partial charge in [0.1, 0.15) is 0 Å². The molecule has 1 saturated heterocycles. The number of rotatable bonds is 5. The molecule has 2 aromatic rings. The third-order valence-corrected chi connectivity index (χ3v) is 7.11. The normalized spacial score (nSPS) is 16.1. The number of halogens is 4. The number of aromatic nitrogens is 1. The van der Waals surface area contributed by atoms with E-state index in [9.17, 15) is 26.4 Å². The van der Waals surface area contributed by atoms with Crippen LogP contribution in [0.4, 0.5) is 13.2 Å². The molecule has 0 atom stereocenters. The van der Waals surface area contributed by atoms with E-state index in [0.29, 0.717) is 23.7 Å². The number of aryl methyl sites for hydroxylation is 1. The highest BCUT2D eigenvalue weighted by atomic mass is 35.5. The number of nitrogens with zero attached hydrogens (tertiary/aromatic N) is 3. The van der Waals surface area contributed by atoms with Crippen molar-refractivity contribution in [2.24, 2.45) is 0 Å². The smallest absolute Gasteiger partial charge is 0.344 e. The summed E-state index contributed by atoms with van der Waals surface area (Å²) >= 11 is 5.88. The monoisotopic (exact) mass is 465 g/mol. The zero-order valence-electron chi connectivity index (χ0n) is 15.9. The van der Waals surface area contributed by atoms with Gasteiger partial charge in [-0.3, -0.25) is 4.79 Å². The van der Waals surface area contributed by atoms with Crippen molar-refractivity contribution in [3.05, 3.63) is 46.3 Å². The van der Waals surface area contributed by atoms with Crippen LogP contribution in [0, 0.1) is 6.92 Å². The van der Waals surface area contributed by atoms with Gasteiger partial charge in [0.25, 0.3) is 0 Å². The van der Waals surface area contributed by atoms with Crippen LogP contribution in [0.25, 0.3) is 0 Å². The van der Waals surface area contributed by atoms with Crippen molar-refractivity contribution in [3.8, 4) is 0 Å². The Morgan fingerprint density at radius 1 is 1.23 bits per heavy atom. The van der Waals surface area contributed by atoms with E-state index in [-0.39, 0.29) is 43.7 Å². The number of hydrogen-bond donors (Lipinski definition) is 0. The van der Waals surface area contributed by atoms with Crippen LogP contribution in [0.15, 0.2) is 33.7 Å². The molecule has 164 valence electrons. The van der Waals surface area contributed by atoms with Crippen LogP contribution < -0.4 is 0 Å². The summed E-state index contributed by atoms with van der Waals surface area (Å²) in [6, 6.07) is 3.64. The van der Waals surface area contributed by atoms with Gasteiger partial charge >= 0.3 is 6.18 Å². The van der Waals surface area contributed by atoms with Crippen LogP contribution in [0.5, 0.6) is 0 Å². The molecule has 0 N–H and O–H groups in total. The standard InChI is InChI=1S/C18H19ClF3N3O4S/c1-12-15(17(19)29-23-12)5-6-16(26)24-7-9-25(10-8-24)30(27,28)14-4-2-3-13(11-14)18(20,21)22/h2-4,11H,5-10H2,1H3. The number of piperazine rings is 1. The predicted octanol–water partition coefficient (Wildman–Crippen LogP) is 3.12. The van der Waals surface area contributed by atoms with Gasteiger partial charge in [-0.05, 0) is 43.1 Å². The van der Waals surface area contributed by atoms with Crippen LogP contribution >= 0.6 is 11.6 Å². The maximum Gasteiger partial charge on any atom is 0.416 e. The summed E-state index contributed by atoms with van der Waals surface area (Å²) in [6.07, 6.45) is -4.14. The molecule has 0 unspecified atom stereocenters. The Kier molecular flexibility index (Phi) is 6.44. The molecular formula is C18H19ClF3N3O4S. The van der Waals surface area contributed by atoms with Gasteiger partial charge in [0.2, 0.25) is 21.1 Å². The van der Waals surface area contributed by atoms with Crippen molar-refractivity contribution >= 4 is 27.5 Å². The second-order valence-corrected chi connectivity index (χ2v) is 9.11. The lowest BCUT2D eigenvalue weighted by Gasteiger charge is -2.34. The van der Waals surface area contributed by atoms with Gasteiger partial charge in [-0.25, -0.2) is 8.42 Å². The van der Waals surface area contributed by atoms with Gasteiger partial charge in [-0.2, -0.15) is 17.5 Å². The first-order valence-corrected chi connectivity index (χ1v) is 10.9. The van der Waals surface area contributed by atoms with Crippen molar-refractivity contribution in [2.45, 2.75) is 30.8 Å². The van der Waals surface area contributed by atoms with Gasteiger partial charge in [0.05, 0.1) is 16.2 Å². The maximum absolute atomic E-state index is 12.9. The molecule has 1 fully saturated rings. The van der Waals surface area contributed by atoms with Crippen molar-refractivity contribution < 1.29 is 30.9 Å². The van der Waals surface area contributed by atoms with Gasteiger partial charge in [-0.1, -0.05) is 11.2 Å². The lowest BCUT2D eigenvalue weighted by molar-refractivity contribution is -0.137. The topological polar surface area (TPSA) is 83.7 Å². The Morgan fingerprint density at radius 2 is 1.90 bits per heavy atom. The number of carbonyl (C=O) groups excluding carboxylic acids is 1. The predicted molar refractivity (Wildman–Crippen MR) is 101 cm³/mol. The van der Waals surface area contributed by atoms with Crippen LogP contribution in [0.1, 0.15) is 23.2 Å². The first-order valence-electron chi connectivity index (χ1n) is 9.06. The third kappa shape index (κ3) is 4.79. The number of alkyl halides is 3. The molecule has 0 radical (unpaired) electrons.